The maximum absolute atomic E-state index is 13.0. The van der Waals surface area contributed by atoms with E-state index in [2.05, 4.69) is 15.9 Å². The Morgan fingerprint density at radius 3 is 2.69 bits per heavy atom. The van der Waals surface area contributed by atoms with E-state index >= 15 is 0 Å². The highest BCUT2D eigenvalue weighted by atomic mass is 79.9. The molecular formula is C13H16BrFO. The number of hydrogen-bond donors (Lipinski definition) is 0. The van der Waals surface area contributed by atoms with E-state index in [-0.39, 0.29) is 5.82 Å². The van der Waals surface area contributed by atoms with Crippen LogP contribution in [0.5, 0.6) is 5.75 Å². The van der Waals surface area contributed by atoms with Crippen molar-refractivity contribution in [2.45, 2.75) is 43.5 Å². The van der Waals surface area contributed by atoms with Crippen LogP contribution in [0.4, 0.5) is 4.39 Å². The average Bonchev–Trinajstić information content (AvgIpc) is 2.33. The summed E-state index contributed by atoms with van der Waals surface area (Å²) in [4.78, 5) is 0. The van der Waals surface area contributed by atoms with Crippen LogP contribution in [-0.4, -0.2) is 6.10 Å². The van der Waals surface area contributed by atoms with Gasteiger partial charge in [0.15, 0.2) is 0 Å². The molecule has 1 saturated carbocycles. The molecule has 88 valence electrons. The Morgan fingerprint density at radius 2 is 2.00 bits per heavy atom. The van der Waals surface area contributed by atoms with Crippen LogP contribution < -0.4 is 4.74 Å². The van der Waals surface area contributed by atoms with Crippen molar-refractivity contribution in [2.75, 3.05) is 0 Å². The van der Waals surface area contributed by atoms with E-state index in [4.69, 9.17) is 4.74 Å². The number of halogens is 2. The van der Waals surface area contributed by atoms with Crippen molar-refractivity contribution < 1.29 is 9.13 Å². The summed E-state index contributed by atoms with van der Waals surface area (Å²) in [5.74, 6) is 0.621. The van der Waals surface area contributed by atoms with Crippen LogP contribution in [0.25, 0.3) is 0 Å². The van der Waals surface area contributed by atoms with Gasteiger partial charge < -0.3 is 4.74 Å². The molecule has 1 fully saturated rings. The SMILES string of the molecule is Fc1ccc(OC2CCCCC2)c(CBr)c1. The molecule has 0 radical (unpaired) electrons. The van der Waals surface area contributed by atoms with Gasteiger partial charge in [-0.15, -0.1) is 0 Å². The van der Waals surface area contributed by atoms with Crippen molar-refractivity contribution in [1.29, 1.82) is 0 Å². The fourth-order valence-corrected chi connectivity index (χ4v) is 2.57. The molecule has 1 aromatic rings. The molecule has 16 heavy (non-hydrogen) atoms. The highest BCUT2D eigenvalue weighted by Gasteiger charge is 2.16. The fourth-order valence-electron chi connectivity index (χ4n) is 2.13. The first-order valence-electron chi connectivity index (χ1n) is 5.80. The second kappa shape index (κ2) is 5.67. The molecule has 0 aliphatic heterocycles. The van der Waals surface area contributed by atoms with Gasteiger partial charge in [-0.2, -0.15) is 0 Å². The molecule has 0 unspecified atom stereocenters. The van der Waals surface area contributed by atoms with E-state index in [1.807, 2.05) is 0 Å². The maximum atomic E-state index is 13.0. The van der Waals surface area contributed by atoms with Gasteiger partial charge in [-0.25, -0.2) is 4.39 Å². The Hall–Kier alpha value is -0.570. The first kappa shape index (κ1) is 11.9. The molecular weight excluding hydrogens is 271 g/mol. The second-order valence-corrected chi connectivity index (χ2v) is 4.82. The first-order valence-corrected chi connectivity index (χ1v) is 6.93. The lowest BCUT2D eigenvalue weighted by atomic mass is 9.98. The summed E-state index contributed by atoms with van der Waals surface area (Å²) in [7, 11) is 0. The molecule has 0 bridgehead atoms. The Labute approximate surface area is 104 Å². The van der Waals surface area contributed by atoms with Crippen LogP contribution in [-0.2, 0) is 5.33 Å². The molecule has 0 spiro atoms. The Morgan fingerprint density at radius 1 is 1.25 bits per heavy atom. The molecule has 0 saturated heterocycles. The molecule has 0 amide bonds. The number of rotatable bonds is 3. The smallest absolute Gasteiger partial charge is 0.123 e. The van der Waals surface area contributed by atoms with Crippen LogP contribution in [0.3, 0.4) is 0 Å². The van der Waals surface area contributed by atoms with Gasteiger partial charge >= 0.3 is 0 Å². The molecule has 1 nitrogen and oxygen atoms in total. The minimum absolute atomic E-state index is 0.203. The zero-order valence-corrected chi connectivity index (χ0v) is 10.8. The second-order valence-electron chi connectivity index (χ2n) is 4.26. The summed E-state index contributed by atoms with van der Waals surface area (Å²) >= 11 is 3.36. The molecule has 2 rings (SSSR count). The van der Waals surface area contributed by atoms with Gasteiger partial charge in [0.1, 0.15) is 11.6 Å². The Bertz CT molecular complexity index is 348. The molecule has 0 N–H and O–H groups in total. The Balaban J connectivity index is 2.07. The third-order valence-electron chi connectivity index (χ3n) is 3.01. The molecule has 0 aromatic heterocycles. The molecule has 1 aromatic carbocycles. The van der Waals surface area contributed by atoms with E-state index in [0.717, 1.165) is 24.2 Å². The van der Waals surface area contributed by atoms with Crippen LogP contribution in [0.2, 0.25) is 0 Å². The van der Waals surface area contributed by atoms with Gasteiger partial charge in [-0.3, -0.25) is 0 Å². The van der Waals surface area contributed by atoms with Gasteiger partial charge in [-0.05, 0) is 43.9 Å². The highest BCUT2D eigenvalue weighted by molar-refractivity contribution is 9.08. The topological polar surface area (TPSA) is 9.23 Å². The van der Waals surface area contributed by atoms with Gasteiger partial charge in [0, 0.05) is 10.9 Å². The predicted octanol–water partition coefficient (Wildman–Crippen LogP) is 4.43. The van der Waals surface area contributed by atoms with E-state index in [9.17, 15) is 4.39 Å². The molecule has 0 atom stereocenters. The average molecular weight is 287 g/mol. The number of hydrogen-bond acceptors (Lipinski definition) is 1. The van der Waals surface area contributed by atoms with E-state index in [0.29, 0.717) is 11.4 Å². The van der Waals surface area contributed by atoms with E-state index < -0.39 is 0 Å². The third kappa shape index (κ3) is 2.97. The van der Waals surface area contributed by atoms with Crippen LogP contribution in [0, 0.1) is 5.82 Å². The lowest BCUT2D eigenvalue weighted by Gasteiger charge is -2.24. The van der Waals surface area contributed by atoms with Crippen molar-refractivity contribution >= 4 is 15.9 Å². The van der Waals surface area contributed by atoms with Gasteiger partial charge in [0.2, 0.25) is 0 Å². The summed E-state index contributed by atoms with van der Waals surface area (Å²) in [6.07, 6.45) is 6.37. The van der Waals surface area contributed by atoms with Crippen molar-refractivity contribution in [3.8, 4) is 5.75 Å². The monoisotopic (exact) mass is 286 g/mol. The quantitative estimate of drug-likeness (QED) is 0.747. The predicted molar refractivity (Wildman–Crippen MR) is 66.5 cm³/mol. The zero-order chi connectivity index (χ0) is 11.4. The standard InChI is InChI=1S/C13H16BrFO/c14-9-10-8-11(15)6-7-13(10)16-12-4-2-1-3-5-12/h6-8,12H,1-5,9H2. The lowest BCUT2D eigenvalue weighted by molar-refractivity contribution is 0.154. The van der Waals surface area contributed by atoms with Crippen molar-refractivity contribution in [2.24, 2.45) is 0 Å². The van der Waals surface area contributed by atoms with Crippen molar-refractivity contribution in [1.82, 2.24) is 0 Å². The number of alkyl halides is 1. The minimum Gasteiger partial charge on any atom is -0.490 e. The van der Waals surface area contributed by atoms with Crippen LogP contribution >= 0.6 is 15.9 Å². The van der Waals surface area contributed by atoms with Crippen molar-refractivity contribution in [3.63, 3.8) is 0 Å². The summed E-state index contributed by atoms with van der Waals surface area (Å²) in [5, 5.41) is 0.632. The molecule has 1 aliphatic carbocycles. The number of ether oxygens (including phenoxy) is 1. The summed E-state index contributed by atoms with van der Waals surface area (Å²) in [6, 6.07) is 4.73. The van der Waals surface area contributed by atoms with Gasteiger partial charge in [-0.1, -0.05) is 22.4 Å². The van der Waals surface area contributed by atoms with Gasteiger partial charge in [0.05, 0.1) is 6.10 Å². The largest absolute Gasteiger partial charge is 0.490 e. The van der Waals surface area contributed by atoms with Crippen molar-refractivity contribution in [3.05, 3.63) is 29.6 Å². The Kier molecular flexibility index (Phi) is 4.22. The minimum atomic E-state index is -0.203. The summed E-state index contributed by atoms with van der Waals surface area (Å²) < 4.78 is 19.0. The molecule has 3 heteroatoms. The van der Waals surface area contributed by atoms with Crippen LogP contribution in [0.15, 0.2) is 18.2 Å². The summed E-state index contributed by atoms with van der Waals surface area (Å²) in [5.41, 5.74) is 0.894. The zero-order valence-electron chi connectivity index (χ0n) is 9.22. The first-order chi connectivity index (χ1) is 7.79. The van der Waals surface area contributed by atoms with E-state index in [1.54, 1.807) is 6.07 Å². The highest BCUT2D eigenvalue weighted by Crippen LogP contribution is 2.27. The maximum Gasteiger partial charge on any atom is 0.123 e. The molecule has 0 heterocycles. The number of benzene rings is 1. The molecule has 1 aliphatic rings. The summed E-state index contributed by atoms with van der Waals surface area (Å²) in [6.45, 7) is 0. The lowest BCUT2D eigenvalue weighted by Crippen LogP contribution is -2.20. The van der Waals surface area contributed by atoms with Crippen LogP contribution in [0.1, 0.15) is 37.7 Å². The fraction of sp³-hybridized carbons (Fsp3) is 0.538. The third-order valence-corrected chi connectivity index (χ3v) is 3.62. The normalized spacial score (nSPS) is 17.4. The van der Waals surface area contributed by atoms with E-state index in [1.165, 1.54) is 31.4 Å². The van der Waals surface area contributed by atoms with Gasteiger partial charge in [0.25, 0.3) is 0 Å².